The van der Waals surface area contributed by atoms with Crippen molar-refractivity contribution in [1.82, 2.24) is 0 Å². The minimum atomic E-state index is 0. The van der Waals surface area contributed by atoms with E-state index in [0.717, 1.165) is 0 Å². The number of aryl methyl sites for hydroxylation is 1. The monoisotopic (exact) mass is 240 g/mol. The van der Waals surface area contributed by atoms with Crippen molar-refractivity contribution < 1.29 is 2.85 Å². The average molecular weight is 240 g/mol. The Morgan fingerprint density at radius 2 is 1.56 bits per heavy atom. The van der Waals surface area contributed by atoms with Gasteiger partial charge >= 0.3 is 0 Å². The summed E-state index contributed by atoms with van der Waals surface area (Å²) in [5, 5.41) is 0. The molecule has 18 heavy (non-hydrogen) atoms. The SMILES string of the molecule is C#CC#CC#CC.Cc1ccc(C(C)(C)C)cc1.[HH].[HH]. The van der Waals surface area contributed by atoms with Gasteiger partial charge in [-0.2, -0.15) is 0 Å². The molecule has 0 saturated heterocycles. The average Bonchev–Trinajstić information content (AvgIpc) is 2.30. The summed E-state index contributed by atoms with van der Waals surface area (Å²) in [6.45, 7) is 10.5. The molecular weight excluding hydrogens is 216 g/mol. The molecule has 1 aromatic carbocycles. The third-order valence-electron chi connectivity index (χ3n) is 2.24. The van der Waals surface area contributed by atoms with Crippen LogP contribution in [-0.2, 0) is 5.41 Å². The molecule has 96 valence electrons. The minimum absolute atomic E-state index is 0. The molecule has 0 heteroatoms. The van der Waals surface area contributed by atoms with Crippen molar-refractivity contribution in [1.29, 1.82) is 0 Å². The van der Waals surface area contributed by atoms with E-state index in [0.29, 0.717) is 0 Å². The molecule has 1 rings (SSSR count). The lowest BCUT2D eigenvalue weighted by Gasteiger charge is -2.18. The molecule has 0 N–H and O–H groups in total. The Labute approximate surface area is 115 Å². The van der Waals surface area contributed by atoms with Crippen molar-refractivity contribution in [2.24, 2.45) is 0 Å². The van der Waals surface area contributed by atoms with Gasteiger partial charge in [0.25, 0.3) is 0 Å². The van der Waals surface area contributed by atoms with E-state index in [1.165, 1.54) is 11.1 Å². The molecular formula is C18H24. The van der Waals surface area contributed by atoms with Crippen LogP contribution in [0.5, 0.6) is 0 Å². The van der Waals surface area contributed by atoms with Gasteiger partial charge in [-0.15, -0.1) is 6.42 Å². The molecule has 0 unspecified atom stereocenters. The first-order chi connectivity index (χ1) is 8.41. The third kappa shape index (κ3) is 7.22. The minimum Gasteiger partial charge on any atom is -0.106 e. The second-order valence-electron chi connectivity index (χ2n) is 4.89. The maximum absolute atomic E-state index is 4.78. The van der Waals surface area contributed by atoms with Crippen LogP contribution in [0.25, 0.3) is 0 Å². The van der Waals surface area contributed by atoms with Gasteiger partial charge in [-0.3, -0.25) is 0 Å². The zero-order valence-electron chi connectivity index (χ0n) is 11.9. The van der Waals surface area contributed by atoms with Crippen LogP contribution in [0, 0.1) is 42.9 Å². The fourth-order valence-electron chi connectivity index (χ4n) is 1.18. The first-order valence-corrected chi connectivity index (χ1v) is 5.86. The van der Waals surface area contributed by atoms with Gasteiger partial charge in [0.1, 0.15) is 0 Å². The maximum atomic E-state index is 4.78. The van der Waals surface area contributed by atoms with Crippen LogP contribution in [0.15, 0.2) is 24.3 Å². The van der Waals surface area contributed by atoms with Gasteiger partial charge in [-0.1, -0.05) is 56.5 Å². The summed E-state index contributed by atoms with van der Waals surface area (Å²) < 4.78 is 0. The predicted octanol–water partition coefficient (Wildman–Crippen LogP) is 4.43. The van der Waals surface area contributed by atoms with E-state index in [4.69, 9.17) is 6.42 Å². The molecule has 0 aliphatic carbocycles. The normalized spacial score (nSPS) is 8.44. The molecule has 0 fully saturated rings. The number of benzene rings is 1. The highest BCUT2D eigenvalue weighted by Crippen LogP contribution is 2.21. The number of hydrogen-bond donors (Lipinski definition) is 0. The molecule has 0 heterocycles. The Kier molecular flexibility index (Phi) is 7.12. The molecule has 0 aromatic heterocycles. The van der Waals surface area contributed by atoms with Gasteiger partial charge in [0.15, 0.2) is 0 Å². The van der Waals surface area contributed by atoms with Gasteiger partial charge in [0.05, 0.1) is 0 Å². The Bertz CT molecular complexity index is 518. The lowest BCUT2D eigenvalue weighted by Crippen LogP contribution is -2.10. The van der Waals surface area contributed by atoms with Crippen molar-refractivity contribution in [2.75, 3.05) is 0 Å². The number of terminal acetylenes is 1. The van der Waals surface area contributed by atoms with Crippen LogP contribution in [0.3, 0.4) is 0 Å². The summed E-state index contributed by atoms with van der Waals surface area (Å²) in [6, 6.07) is 8.74. The Hall–Kier alpha value is -2.10. The molecule has 0 radical (unpaired) electrons. The van der Waals surface area contributed by atoms with Crippen LogP contribution in [0.1, 0.15) is 41.7 Å². The highest BCUT2D eigenvalue weighted by Gasteiger charge is 2.11. The zero-order chi connectivity index (χ0) is 14.0. The summed E-state index contributed by atoms with van der Waals surface area (Å²) in [5.41, 5.74) is 3.02. The van der Waals surface area contributed by atoms with Gasteiger partial charge in [-0.05, 0) is 48.5 Å². The van der Waals surface area contributed by atoms with Gasteiger partial charge in [-0.25, -0.2) is 0 Å². The van der Waals surface area contributed by atoms with Gasteiger partial charge in [0.2, 0.25) is 0 Å². The Morgan fingerprint density at radius 3 is 1.94 bits per heavy atom. The quantitative estimate of drug-likeness (QED) is 0.588. The van der Waals surface area contributed by atoms with Crippen LogP contribution in [0.2, 0.25) is 0 Å². The van der Waals surface area contributed by atoms with E-state index in [-0.39, 0.29) is 8.27 Å². The standard InChI is InChI=1S/C11H16.C7H4.2H2/c1-9-5-7-10(8-6-9)11(2,3)4;1-3-5-7-6-4-2;;/h5-8H,1-4H3;1H,2H3;2*1H. The Morgan fingerprint density at radius 1 is 1.00 bits per heavy atom. The molecule has 0 bridgehead atoms. The zero-order valence-corrected chi connectivity index (χ0v) is 11.9. The van der Waals surface area contributed by atoms with Crippen molar-refractivity contribution in [3.63, 3.8) is 0 Å². The summed E-state index contributed by atoms with van der Waals surface area (Å²) in [5.74, 6) is 12.0. The first-order valence-electron chi connectivity index (χ1n) is 5.86. The molecule has 0 saturated carbocycles. The van der Waals surface area contributed by atoms with Crippen molar-refractivity contribution >= 4 is 0 Å². The largest absolute Gasteiger partial charge is 0.106 e. The van der Waals surface area contributed by atoms with E-state index in [1.807, 2.05) is 0 Å². The highest BCUT2D eigenvalue weighted by molar-refractivity contribution is 5.33. The van der Waals surface area contributed by atoms with E-state index in [9.17, 15) is 0 Å². The van der Waals surface area contributed by atoms with E-state index >= 15 is 0 Å². The summed E-state index contributed by atoms with van der Waals surface area (Å²) in [7, 11) is 0. The first kappa shape index (κ1) is 15.9. The molecule has 0 aliphatic rings. The Balaban J connectivity index is -0.000000286. The summed E-state index contributed by atoms with van der Waals surface area (Å²) in [4.78, 5) is 0. The lowest BCUT2D eigenvalue weighted by atomic mass is 9.87. The predicted molar refractivity (Wildman–Crippen MR) is 84.2 cm³/mol. The van der Waals surface area contributed by atoms with Gasteiger partial charge < -0.3 is 0 Å². The molecule has 0 spiro atoms. The molecule has 0 atom stereocenters. The fraction of sp³-hybridized carbons (Fsp3) is 0.333. The van der Waals surface area contributed by atoms with Crippen molar-refractivity contribution in [3.8, 4) is 36.0 Å². The van der Waals surface area contributed by atoms with E-state index in [1.54, 1.807) is 6.92 Å². The maximum Gasteiger partial charge on any atom is 0 e. The highest BCUT2D eigenvalue weighted by atomic mass is 14.2. The molecule has 1 aromatic rings. The second kappa shape index (κ2) is 8.06. The van der Waals surface area contributed by atoms with Gasteiger partial charge in [0, 0.05) is 2.85 Å². The van der Waals surface area contributed by atoms with Crippen LogP contribution < -0.4 is 0 Å². The second-order valence-corrected chi connectivity index (χ2v) is 4.89. The third-order valence-corrected chi connectivity index (χ3v) is 2.24. The van der Waals surface area contributed by atoms with Crippen LogP contribution >= 0.6 is 0 Å². The molecule has 0 aliphatic heterocycles. The summed E-state index contributed by atoms with van der Waals surface area (Å²) >= 11 is 0. The van der Waals surface area contributed by atoms with Crippen molar-refractivity contribution in [3.05, 3.63) is 35.4 Å². The lowest BCUT2D eigenvalue weighted by molar-refractivity contribution is 0.590. The van der Waals surface area contributed by atoms with E-state index in [2.05, 4.69) is 81.6 Å². The number of rotatable bonds is 0. The van der Waals surface area contributed by atoms with E-state index < -0.39 is 0 Å². The fourth-order valence-corrected chi connectivity index (χ4v) is 1.18. The smallest absolute Gasteiger partial charge is 0 e. The molecule has 0 amide bonds. The molecule has 0 nitrogen and oxygen atoms in total. The number of hydrogen-bond acceptors (Lipinski definition) is 0. The van der Waals surface area contributed by atoms with Crippen LogP contribution in [0.4, 0.5) is 0 Å². The van der Waals surface area contributed by atoms with Crippen LogP contribution in [-0.4, -0.2) is 0 Å². The topological polar surface area (TPSA) is 0 Å². The van der Waals surface area contributed by atoms with Crippen molar-refractivity contribution in [2.45, 2.75) is 40.0 Å². The summed E-state index contributed by atoms with van der Waals surface area (Å²) in [6.07, 6.45) is 4.78.